The number of halogens is 4. The van der Waals surface area contributed by atoms with Crippen LogP contribution < -0.4 is 4.74 Å². The first-order valence-electron chi connectivity index (χ1n) is 10.6. The van der Waals surface area contributed by atoms with E-state index in [2.05, 4.69) is 15.1 Å². The van der Waals surface area contributed by atoms with Gasteiger partial charge in [0.15, 0.2) is 11.3 Å². The minimum Gasteiger partial charge on any atom is -0.487 e. The van der Waals surface area contributed by atoms with Gasteiger partial charge in [0, 0.05) is 37.5 Å². The molecule has 182 valence electrons. The van der Waals surface area contributed by atoms with E-state index in [9.17, 15) is 9.18 Å². The third-order valence-corrected chi connectivity index (χ3v) is 6.61. The molecule has 35 heavy (non-hydrogen) atoms. The van der Waals surface area contributed by atoms with Crippen LogP contribution >= 0.6 is 34.8 Å². The number of likely N-dealkylation sites (tertiary alicyclic amines) is 1. The van der Waals surface area contributed by atoms with Crippen molar-refractivity contribution in [3.8, 4) is 28.7 Å². The monoisotopic (exact) mass is 537 g/mol. The summed E-state index contributed by atoms with van der Waals surface area (Å²) in [7, 11) is 1.53. The van der Waals surface area contributed by atoms with Crippen LogP contribution in [0.2, 0.25) is 15.1 Å². The van der Waals surface area contributed by atoms with Gasteiger partial charge in [0.1, 0.15) is 17.5 Å². The molecule has 0 aliphatic carbocycles. The zero-order valence-electron chi connectivity index (χ0n) is 18.9. The molecule has 2 atom stereocenters. The summed E-state index contributed by atoms with van der Waals surface area (Å²) in [6.07, 6.45) is 2.94. The Kier molecular flexibility index (Phi) is 5.89. The van der Waals surface area contributed by atoms with Gasteiger partial charge in [-0.1, -0.05) is 40.0 Å². The molecule has 1 fully saturated rings. The molecule has 3 aromatic heterocycles. The van der Waals surface area contributed by atoms with Gasteiger partial charge >= 0.3 is 0 Å². The molecule has 1 aliphatic rings. The maximum atomic E-state index is 14.6. The van der Waals surface area contributed by atoms with Gasteiger partial charge in [-0.2, -0.15) is 4.98 Å². The maximum absolute atomic E-state index is 14.6. The number of nitrogens with zero attached hydrogens (tertiary/aromatic N) is 5. The lowest BCUT2D eigenvalue weighted by Crippen LogP contribution is -2.54. The van der Waals surface area contributed by atoms with E-state index in [1.54, 1.807) is 16.7 Å². The smallest absolute Gasteiger partial charge is 0.278 e. The molecular formula is C23H19Cl3FN5O3. The molecule has 1 amide bonds. The molecule has 4 heterocycles. The molecule has 0 N–H and O–H groups in total. The summed E-state index contributed by atoms with van der Waals surface area (Å²) < 4.78 is 27.7. The minimum atomic E-state index is -2.02. The summed E-state index contributed by atoms with van der Waals surface area (Å²) in [4.78, 5) is 22.1. The third kappa shape index (κ3) is 4.44. The lowest BCUT2D eigenvalue weighted by Gasteiger charge is -2.37. The first-order valence-corrected chi connectivity index (χ1v) is 11.7. The predicted octanol–water partition coefficient (Wildman–Crippen LogP) is 5.66. The second-order valence-electron chi connectivity index (χ2n) is 8.74. The lowest BCUT2D eigenvalue weighted by molar-refractivity contribution is -0.150. The van der Waals surface area contributed by atoms with Gasteiger partial charge in [0.25, 0.3) is 11.8 Å². The van der Waals surface area contributed by atoms with Crippen LogP contribution in [0.25, 0.3) is 28.6 Å². The normalized spacial score (nSPS) is 20.6. The standard InChI is InChI=1S/C23H19Cl3FN5O3/c1-11-4-16(26)20-28-17(10-32(20)8-11)21-29-19(30-35-21)13-5-15(25)18(6-14(13)24)34-12-7-23(2,27)22(33)31(3)9-12/h4-6,8,10,12H,7,9H2,1-3H3/t12-,23?/m1/s1. The van der Waals surface area contributed by atoms with Crippen molar-refractivity contribution in [3.63, 3.8) is 0 Å². The van der Waals surface area contributed by atoms with E-state index in [0.717, 1.165) is 5.56 Å². The highest BCUT2D eigenvalue weighted by atomic mass is 35.5. The highest BCUT2D eigenvalue weighted by molar-refractivity contribution is 6.36. The van der Waals surface area contributed by atoms with Crippen molar-refractivity contribution in [1.29, 1.82) is 0 Å². The van der Waals surface area contributed by atoms with Crippen molar-refractivity contribution in [2.45, 2.75) is 32.0 Å². The van der Waals surface area contributed by atoms with Crippen LogP contribution in [0.1, 0.15) is 18.9 Å². The molecule has 1 aromatic carbocycles. The second-order valence-corrected chi connectivity index (χ2v) is 9.96. The zero-order chi connectivity index (χ0) is 25.1. The Morgan fingerprint density at radius 2 is 1.91 bits per heavy atom. The summed E-state index contributed by atoms with van der Waals surface area (Å²) in [6.45, 7) is 3.40. The Morgan fingerprint density at radius 3 is 2.66 bits per heavy atom. The lowest BCUT2D eigenvalue weighted by atomic mass is 9.94. The second kappa shape index (κ2) is 8.65. The number of piperidine rings is 1. The van der Waals surface area contributed by atoms with Crippen molar-refractivity contribution in [2.24, 2.45) is 0 Å². The number of alkyl halides is 1. The highest BCUT2D eigenvalue weighted by Gasteiger charge is 2.44. The zero-order valence-corrected chi connectivity index (χ0v) is 21.1. The number of rotatable bonds is 4. The number of hydrogen-bond donors (Lipinski definition) is 0. The van der Waals surface area contributed by atoms with Gasteiger partial charge in [-0.3, -0.25) is 4.79 Å². The van der Waals surface area contributed by atoms with Crippen LogP contribution in [0.4, 0.5) is 4.39 Å². The van der Waals surface area contributed by atoms with E-state index in [1.165, 1.54) is 24.9 Å². The van der Waals surface area contributed by atoms with E-state index in [4.69, 9.17) is 44.1 Å². The molecule has 1 saturated heterocycles. The molecule has 12 heteroatoms. The molecule has 0 spiro atoms. The summed E-state index contributed by atoms with van der Waals surface area (Å²) in [6, 6.07) is 4.87. The van der Waals surface area contributed by atoms with E-state index in [1.807, 2.05) is 19.2 Å². The number of likely N-dealkylation sites (N-methyl/N-ethyl adjacent to an activating group) is 1. The SMILES string of the molecule is Cc1cc(Cl)c2nc(-c3nc(-c4cc(Cl)c(O[C@H]5CN(C)C(=O)C(C)(F)C5)cc4Cl)no3)cn2c1. The van der Waals surface area contributed by atoms with Crippen molar-refractivity contribution in [3.05, 3.63) is 51.2 Å². The number of benzene rings is 1. The maximum Gasteiger partial charge on any atom is 0.278 e. The summed E-state index contributed by atoms with van der Waals surface area (Å²) >= 11 is 19.2. The van der Waals surface area contributed by atoms with Crippen LogP contribution in [-0.2, 0) is 4.79 Å². The Morgan fingerprint density at radius 1 is 1.14 bits per heavy atom. The van der Waals surface area contributed by atoms with Crippen molar-refractivity contribution in [2.75, 3.05) is 13.6 Å². The van der Waals surface area contributed by atoms with Gasteiger partial charge < -0.3 is 18.6 Å². The summed E-state index contributed by atoms with van der Waals surface area (Å²) in [5, 5.41) is 5.00. The van der Waals surface area contributed by atoms with Crippen molar-refractivity contribution in [1.82, 2.24) is 24.4 Å². The summed E-state index contributed by atoms with van der Waals surface area (Å²) in [5.74, 6) is 0.0741. The van der Waals surface area contributed by atoms with E-state index >= 15 is 0 Å². The molecule has 0 saturated carbocycles. The number of imidazole rings is 1. The fraction of sp³-hybridized carbons (Fsp3) is 0.304. The highest BCUT2D eigenvalue weighted by Crippen LogP contribution is 2.38. The number of aromatic nitrogens is 4. The van der Waals surface area contributed by atoms with Crippen LogP contribution in [-0.4, -0.2) is 55.7 Å². The fourth-order valence-electron chi connectivity index (χ4n) is 4.14. The van der Waals surface area contributed by atoms with Gasteiger partial charge in [-0.25, -0.2) is 9.37 Å². The van der Waals surface area contributed by atoms with Gasteiger partial charge in [0.05, 0.1) is 21.6 Å². The molecular weight excluding hydrogens is 520 g/mol. The first kappa shape index (κ1) is 23.8. The average molecular weight is 539 g/mol. The molecule has 5 rings (SSSR count). The topological polar surface area (TPSA) is 85.8 Å². The number of carbonyl (C=O) groups is 1. The molecule has 4 aromatic rings. The molecule has 0 bridgehead atoms. The number of aryl methyl sites for hydroxylation is 1. The number of amides is 1. The Hall–Kier alpha value is -2.88. The Balaban J connectivity index is 1.41. The van der Waals surface area contributed by atoms with Crippen LogP contribution in [0.5, 0.6) is 5.75 Å². The van der Waals surface area contributed by atoms with Crippen LogP contribution in [0, 0.1) is 6.92 Å². The van der Waals surface area contributed by atoms with Crippen LogP contribution in [0.15, 0.2) is 35.1 Å². The quantitative estimate of drug-likeness (QED) is 0.333. The van der Waals surface area contributed by atoms with Gasteiger partial charge in [-0.05, 0) is 31.5 Å². The average Bonchev–Trinajstić information content (AvgIpc) is 3.41. The fourth-order valence-corrected chi connectivity index (χ4v) is 4.90. The molecule has 8 nitrogen and oxygen atoms in total. The van der Waals surface area contributed by atoms with E-state index in [-0.39, 0.29) is 40.5 Å². The van der Waals surface area contributed by atoms with E-state index in [0.29, 0.717) is 21.9 Å². The number of hydrogen-bond acceptors (Lipinski definition) is 6. The van der Waals surface area contributed by atoms with Crippen molar-refractivity contribution >= 4 is 46.4 Å². The minimum absolute atomic E-state index is 0.0946. The first-order chi connectivity index (χ1) is 16.5. The number of fused-ring (bicyclic) bond motifs is 1. The van der Waals surface area contributed by atoms with E-state index < -0.39 is 17.7 Å². The number of pyridine rings is 1. The van der Waals surface area contributed by atoms with Crippen LogP contribution in [0.3, 0.4) is 0 Å². The predicted molar refractivity (Wildman–Crippen MR) is 130 cm³/mol. The van der Waals surface area contributed by atoms with Crippen molar-refractivity contribution < 1.29 is 18.4 Å². The Labute approximate surface area is 214 Å². The third-order valence-electron chi connectivity index (χ3n) is 5.73. The number of carbonyl (C=O) groups excluding carboxylic acids is 1. The Bertz CT molecular complexity index is 1470. The molecule has 1 unspecified atom stereocenters. The largest absolute Gasteiger partial charge is 0.487 e. The molecule has 1 aliphatic heterocycles. The molecule has 0 radical (unpaired) electrons. The number of ether oxygens (including phenoxy) is 1. The van der Waals surface area contributed by atoms with Gasteiger partial charge in [-0.15, -0.1) is 0 Å². The van der Waals surface area contributed by atoms with Gasteiger partial charge in [0.2, 0.25) is 5.82 Å². The summed E-state index contributed by atoms with van der Waals surface area (Å²) in [5.41, 5.74) is 0.389.